The van der Waals surface area contributed by atoms with Crippen molar-refractivity contribution in [2.45, 2.75) is 38.6 Å². The van der Waals surface area contributed by atoms with Crippen LogP contribution in [0.3, 0.4) is 0 Å². The number of fused-ring (bicyclic) bond motifs is 1. The summed E-state index contributed by atoms with van der Waals surface area (Å²) in [6, 6.07) is 2.05. The van der Waals surface area contributed by atoms with E-state index >= 15 is 0 Å². The van der Waals surface area contributed by atoms with Crippen LogP contribution in [-0.2, 0) is 12.0 Å². The maximum Gasteiger partial charge on any atom is 0.231 e. The van der Waals surface area contributed by atoms with Crippen LogP contribution in [0.15, 0.2) is 6.07 Å². The van der Waals surface area contributed by atoms with Gasteiger partial charge in [-0.1, -0.05) is 18.5 Å². The molecule has 18 heavy (non-hydrogen) atoms. The summed E-state index contributed by atoms with van der Waals surface area (Å²) in [4.78, 5) is 0. The Bertz CT molecular complexity index is 481. The number of ether oxygens (including phenoxy) is 2. The fraction of sp³-hybridized carbons (Fsp3) is 0.571. The second-order valence-electron chi connectivity index (χ2n) is 5.17. The topological polar surface area (TPSA) is 30.5 Å². The Hall–Kier alpha value is -0.930. The minimum Gasteiger partial charge on any atom is -0.453 e. The fourth-order valence-electron chi connectivity index (χ4n) is 3.05. The van der Waals surface area contributed by atoms with E-state index in [2.05, 4.69) is 19.2 Å². The van der Waals surface area contributed by atoms with E-state index < -0.39 is 0 Å². The Kier molecular flexibility index (Phi) is 2.91. The van der Waals surface area contributed by atoms with Crippen molar-refractivity contribution in [3.05, 3.63) is 22.2 Å². The summed E-state index contributed by atoms with van der Waals surface area (Å²) >= 11 is 6.31. The number of hydrogen-bond acceptors (Lipinski definition) is 3. The van der Waals surface area contributed by atoms with Gasteiger partial charge in [-0.3, -0.25) is 0 Å². The van der Waals surface area contributed by atoms with E-state index in [-0.39, 0.29) is 12.3 Å². The van der Waals surface area contributed by atoms with E-state index in [0.29, 0.717) is 10.8 Å². The Balaban J connectivity index is 2.17. The fourth-order valence-corrected chi connectivity index (χ4v) is 3.30. The van der Waals surface area contributed by atoms with Crippen LogP contribution >= 0.6 is 11.6 Å². The van der Waals surface area contributed by atoms with E-state index in [9.17, 15) is 0 Å². The van der Waals surface area contributed by atoms with Crippen LogP contribution in [-0.4, -0.2) is 13.3 Å². The molecule has 1 atom stereocenters. The van der Waals surface area contributed by atoms with Gasteiger partial charge in [-0.05, 0) is 44.4 Å². The van der Waals surface area contributed by atoms with Gasteiger partial charge in [0, 0.05) is 11.1 Å². The van der Waals surface area contributed by atoms with Crippen molar-refractivity contribution < 1.29 is 9.47 Å². The van der Waals surface area contributed by atoms with Crippen LogP contribution in [0.4, 0.5) is 0 Å². The molecule has 1 saturated heterocycles. The van der Waals surface area contributed by atoms with Crippen LogP contribution < -0.4 is 14.8 Å². The van der Waals surface area contributed by atoms with Crippen molar-refractivity contribution in [1.82, 2.24) is 5.32 Å². The van der Waals surface area contributed by atoms with E-state index in [0.717, 1.165) is 25.1 Å². The third-order valence-electron chi connectivity index (χ3n) is 4.02. The molecule has 0 saturated carbocycles. The first-order valence-corrected chi connectivity index (χ1v) is 6.90. The molecule has 3 nitrogen and oxygen atoms in total. The van der Waals surface area contributed by atoms with Crippen molar-refractivity contribution in [3.8, 4) is 11.5 Å². The molecule has 1 unspecified atom stereocenters. The van der Waals surface area contributed by atoms with Crippen molar-refractivity contribution >= 4 is 11.6 Å². The highest BCUT2D eigenvalue weighted by Crippen LogP contribution is 2.47. The maximum atomic E-state index is 6.31. The largest absolute Gasteiger partial charge is 0.453 e. The normalized spacial score (nSPS) is 25.7. The van der Waals surface area contributed by atoms with Gasteiger partial charge >= 0.3 is 0 Å². The molecule has 0 radical (unpaired) electrons. The number of benzene rings is 1. The van der Waals surface area contributed by atoms with Gasteiger partial charge in [0.05, 0.1) is 5.02 Å². The molecule has 2 aliphatic heterocycles. The third kappa shape index (κ3) is 1.69. The van der Waals surface area contributed by atoms with Crippen LogP contribution in [0.1, 0.15) is 37.8 Å². The Morgan fingerprint density at radius 2 is 2.17 bits per heavy atom. The van der Waals surface area contributed by atoms with Gasteiger partial charge < -0.3 is 14.8 Å². The highest BCUT2D eigenvalue weighted by Gasteiger charge is 2.35. The Labute approximate surface area is 112 Å². The second kappa shape index (κ2) is 4.32. The zero-order valence-electron chi connectivity index (χ0n) is 10.8. The van der Waals surface area contributed by atoms with Crippen LogP contribution in [0, 0.1) is 0 Å². The molecule has 1 fully saturated rings. The molecular formula is C14H18ClNO2. The molecule has 4 heteroatoms. The second-order valence-corrected chi connectivity index (χ2v) is 5.57. The predicted octanol–water partition coefficient (Wildman–Crippen LogP) is 3.23. The first kappa shape index (κ1) is 12.1. The lowest BCUT2D eigenvalue weighted by molar-refractivity contribution is 0.173. The van der Waals surface area contributed by atoms with E-state index in [4.69, 9.17) is 21.1 Å². The summed E-state index contributed by atoms with van der Waals surface area (Å²) in [7, 11) is 0. The van der Waals surface area contributed by atoms with Crippen LogP contribution in [0.25, 0.3) is 0 Å². The zero-order chi connectivity index (χ0) is 12.8. The minimum absolute atomic E-state index is 0.00988. The molecule has 3 rings (SSSR count). The molecule has 0 bridgehead atoms. The van der Waals surface area contributed by atoms with Crippen molar-refractivity contribution in [3.63, 3.8) is 0 Å². The third-order valence-corrected chi connectivity index (χ3v) is 4.30. The van der Waals surface area contributed by atoms with E-state index in [1.807, 2.05) is 6.07 Å². The van der Waals surface area contributed by atoms with Crippen molar-refractivity contribution in [2.75, 3.05) is 13.3 Å². The quantitative estimate of drug-likeness (QED) is 0.892. The number of hydrogen-bond donors (Lipinski definition) is 1. The van der Waals surface area contributed by atoms with Crippen LogP contribution in [0.5, 0.6) is 11.5 Å². The molecule has 0 aromatic heterocycles. The summed E-state index contributed by atoms with van der Waals surface area (Å²) < 4.78 is 11.1. The molecule has 1 aromatic carbocycles. The molecule has 1 aromatic rings. The lowest BCUT2D eigenvalue weighted by Crippen LogP contribution is -2.34. The SMILES string of the molecule is CCc1c(C2(C)CCCN2)cc(Cl)c2c1OCO2. The summed E-state index contributed by atoms with van der Waals surface area (Å²) in [6.07, 6.45) is 3.26. The van der Waals surface area contributed by atoms with Gasteiger partial charge in [0.25, 0.3) is 0 Å². The van der Waals surface area contributed by atoms with Crippen molar-refractivity contribution in [1.29, 1.82) is 0 Å². The number of rotatable bonds is 2. The standard InChI is InChI=1S/C14H18ClNO2/c1-3-9-10(14(2)5-4-6-16-14)7-11(15)13-12(9)17-8-18-13/h7,16H,3-6,8H2,1-2H3. The molecular weight excluding hydrogens is 250 g/mol. The van der Waals surface area contributed by atoms with Gasteiger partial charge in [-0.15, -0.1) is 0 Å². The molecule has 98 valence electrons. The van der Waals surface area contributed by atoms with Gasteiger partial charge in [0.2, 0.25) is 6.79 Å². The molecule has 0 amide bonds. The van der Waals surface area contributed by atoms with Gasteiger partial charge in [0.15, 0.2) is 11.5 Å². The first-order valence-electron chi connectivity index (χ1n) is 6.52. The average Bonchev–Trinajstić information content (AvgIpc) is 2.98. The van der Waals surface area contributed by atoms with Gasteiger partial charge in [-0.2, -0.15) is 0 Å². The highest BCUT2D eigenvalue weighted by molar-refractivity contribution is 6.32. The Morgan fingerprint density at radius 1 is 1.39 bits per heavy atom. The Morgan fingerprint density at radius 3 is 2.83 bits per heavy atom. The smallest absolute Gasteiger partial charge is 0.231 e. The average molecular weight is 268 g/mol. The molecule has 2 aliphatic rings. The van der Waals surface area contributed by atoms with Crippen LogP contribution in [0.2, 0.25) is 5.02 Å². The highest BCUT2D eigenvalue weighted by atomic mass is 35.5. The summed E-state index contributed by atoms with van der Waals surface area (Å²) in [5, 5.41) is 4.24. The predicted molar refractivity (Wildman–Crippen MR) is 71.5 cm³/mol. The monoisotopic (exact) mass is 267 g/mol. The molecule has 0 spiro atoms. The van der Waals surface area contributed by atoms with Crippen molar-refractivity contribution in [2.24, 2.45) is 0 Å². The van der Waals surface area contributed by atoms with Gasteiger partial charge in [0.1, 0.15) is 0 Å². The number of halogens is 1. The zero-order valence-corrected chi connectivity index (χ0v) is 11.6. The first-order chi connectivity index (χ1) is 8.65. The summed E-state index contributed by atoms with van der Waals surface area (Å²) in [5.41, 5.74) is 2.50. The maximum absolute atomic E-state index is 6.31. The van der Waals surface area contributed by atoms with Gasteiger partial charge in [-0.25, -0.2) is 0 Å². The van der Waals surface area contributed by atoms with E-state index in [1.54, 1.807) is 0 Å². The number of nitrogens with one attached hydrogen (secondary N) is 1. The molecule has 0 aliphatic carbocycles. The summed E-state index contributed by atoms with van der Waals surface area (Å²) in [6.45, 7) is 5.72. The summed E-state index contributed by atoms with van der Waals surface area (Å²) in [5.74, 6) is 1.55. The molecule has 2 heterocycles. The van der Waals surface area contributed by atoms with E-state index in [1.165, 1.54) is 17.5 Å². The lowest BCUT2D eigenvalue weighted by atomic mass is 9.85. The lowest BCUT2D eigenvalue weighted by Gasteiger charge is -2.28. The molecule has 1 N–H and O–H groups in total. The minimum atomic E-state index is 0.00988.